The molecule has 1 heterocycles. The second kappa shape index (κ2) is 6.63. The second-order valence-corrected chi connectivity index (χ2v) is 16.0. The van der Waals surface area contributed by atoms with Gasteiger partial charge in [-0.05, 0) is 0 Å². The third-order valence-electron chi connectivity index (χ3n) is 5.71. The Kier molecular flexibility index (Phi) is 4.80. The van der Waals surface area contributed by atoms with Gasteiger partial charge in [0.15, 0.2) is 0 Å². The van der Waals surface area contributed by atoms with Crippen LogP contribution in [0.15, 0.2) is 60.8 Å². The van der Waals surface area contributed by atoms with Crippen LogP contribution in [0.2, 0.25) is 0 Å². The molecule has 0 saturated carbocycles. The summed E-state index contributed by atoms with van der Waals surface area (Å²) >= 11 is 0. The summed E-state index contributed by atoms with van der Waals surface area (Å²) in [6.07, 6.45) is 3.23. The first kappa shape index (κ1) is 18.8. The molecule has 136 valence electrons. The minimum atomic E-state index is -1.90. The third-order valence-corrected chi connectivity index (χ3v) is 10.1. The molecule has 0 amide bonds. The summed E-state index contributed by atoms with van der Waals surface area (Å²) < 4.78 is 0. The maximum atomic E-state index is 4.87. The van der Waals surface area contributed by atoms with Gasteiger partial charge in [0.2, 0.25) is 0 Å². The summed E-state index contributed by atoms with van der Waals surface area (Å²) in [7, 11) is 0. The Hall–Kier alpha value is -1.98. The van der Waals surface area contributed by atoms with Crippen LogP contribution in [0.4, 0.5) is 0 Å². The third kappa shape index (κ3) is 3.46. The van der Waals surface area contributed by atoms with E-state index in [9.17, 15) is 0 Å². The molecule has 0 spiro atoms. The van der Waals surface area contributed by atoms with Crippen LogP contribution in [-0.4, -0.2) is 31.1 Å². The molecule has 26 heavy (non-hydrogen) atoms. The fourth-order valence-electron chi connectivity index (χ4n) is 3.55. The molecule has 3 aromatic rings. The van der Waals surface area contributed by atoms with Gasteiger partial charge in [0.25, 0.3) is 0 Å². The van der Waals surface area contributed by atoms with Crippen LogP contribution in [0.25, 0.3) is 22.4 Å². The second-order valence-electron chi connectivity index (χ2n) is 8.65. The van der Waals surface area contributed by atoms with Crippen molar-refractivity contribution in [3.05, 3.63) is 71.9 Å². The maximum absolute atomic E-state index is 4.87. The molecule has 0 saturated heterocycles. The molecule has 0 aliphatic carbocycles. The van der Waals surface area contributed by atoms with Gasteiger partial charge in [-0.2, -0.15) is 0 Å². The zero-order valence-electron chi connectivity index (χ0n) is 16.9. The standard InChI is InChI=1S/C24H30NP/c1-7-26(4,5,6)23-14-9-8-13-21(23)22-16-15-20(17-25-22)24-18(2)11-10-12-19(24)3/h8-17H,7H2,1-6H3. The van der Waals surface area contributed by atoms with E-state index in [4.69, 9.17) is 4.98 Å². The Morgan fingerprint density at radius 3 is 2.04 bits per heavy atom. The van der Waals surface area contributed by atoms with Gasteiger partial charge in [-0.25, -0.2) is 0 Å². The number of nitrogens with zero attached hydrogens (tertiary/aromatic N) is 1. The van der Waals surface area contributed by atoms with Crippen LogP contribution < -0.4 is 5.30 Å². The molecule has 3 rings (SSSR count). The zero-order chi connectivity index (χ0) is 19.0. The predicted molar refractivity (Wildman–Crippen MR) is 119 cm³/mol. The van der Waals surface area contributed by atoms with E-state index in [1.807, 2.05) is 6.20 Å². The van der Waals surface area contributed by atoms with Crippen molar-refractivity contribution < 1.29 is 0 Å². The molecule has 0 N–H and O–H groups in total. The number of hydrogen-bond acceptors (Lipinski definition) is 1. The summed E-state index contributed by atoms with van der Waals surface area (Å²) in [6, 6.07) is 19.7. The van der Waals surface area contributed by atoms with E-state index in [1.165, 1.54) is 39.3 Å². The quantitative estimate of drug-likeness (QED) is 0.509. The molecular weight excluding hydrogens is 333 g/mol. The van der Waals surface area contributed by atoms with Crippen molar-refractivity contribution in [2.45, 2.75) is 20.8 Å². The van der Waals surface area contributed by atoms with Crippen molar-refractivity contribution >= 4 is 11.9 Å². The van der Waals surface area contributed by atoms with E-state index in [2.05, 4.69) is 95.4 Å². The van der Waals surface area contributed by atoms with Crippen LogP contribution in [0.5, 0.6) is 0 Å². The molecule has 0 unspecified atom stereocenters. The van der Waals surface area contributed by atoms with Gasteiger partial charge in [-0.1, -0.05) is 0 Å². The number of rotatable bonds is 4. The average molecular weight is 363 g/mol. The molecule has 0 atom stereocenters. The van der Waals surface area contributed by atoms with Gasteiger partial charge in [-0.15, -0.1) is 0 Å². The monoisotopic (exact) mass is 363 g/mol. The van der Waals surface area contributed by atoms with Crippen LogP contribution >= 0.6 is 6.60 Å². The van der Waals surface area contributed by atoms with Crippen LogP contribution in [0.3, 0.4) is 0 Å². The fraction of sp³-hybridized carbons (Fsp3) is 0.292. The van der Waals surface area contributed by atoms with E-state index in [-0.39, 0.29) is 0 Å². The summed E-state index contributed by atoms with van der Waals surface area (Å²) in [5, 5.41) is 1.48. The Morgan fingerprint density at radius 2 is 1.46 bits per heavy atom. The van der Waals surface area contributed by atoms with Gasteiger partial charge in [-0.3, -0.25) is 0 Å². The number of hydrogen-bond donors (Lipinski definition) is 0. The molecule has 1 aromatic heterocycles. The normalized spacial score (nSPS) is 13.2. The van der Waals surface area contributed by atoms with Crippen LogP contribution in [0.1, 0.15) is 18.1 Å². The average Bonchev–Trinajstić information content (AvgIpc) is 2.62. The molecule has 0 radical (unpaired) electrons. The minimum absolute atomic E-state index is 1.07. The summed E-state index contributed by atoms with van der Waals surface area (Å²) in [5.74, 6) is 0. The topological polar surface area (TPSA) is 12.9 Å². The van der Waals surface area contributed by atoms with Crippen molar-refractivity contribution in [1.29, 1.82) is 0 Å². The molecule has 0 aliphatic rings. The first-order chi connectivity index (χ1) is 12.2. The van der Waals surface area contributed by atoms with E-state index >= 15 is 0 Å². The van der Waals surface area contributed by atoms with Crippen LogP contribution in [0, 0.1) is 13.8 Å². The molecular formula is C24H30NP. The molecule has 1 nitrogen and oxygen atoms in total. The van der Waals surface area contributed by atoms with Crippen molar-refractivity contribution in [3.63, 3.8) is 0 Å². The summed E-state index contributed by atoms with van der Waals surface area (Å²) in [5.41, 5.74) is 7.45. The summed E-state index contributed by atoms with van der Waals surface area (Å²) in [6.45, 7) is 12.1. The van der Waals surface area contributed by atoms with E-state index < -0.39 is 6.60 Å². The predicted octanol–water partition coefficient (Wildman–Crippen LogP) is 6.12. The van der Waals surface area contributed by atoms with Crippen LogP contribution in [-0.2, 0) is 0 Å². The SMILES string of the molecule is CCP(C)(C)(C)c1ccccc1-c1ccc(-c2c(C)cccc2C)cn1. The first-order valence-electron chi connectivity index (χ1n) is 9.34. The Balaban J connectivity index is 2.09. The number of aromatic nitrogens is 1. The van der Waals surface area contributed by atoms with Gasteiger partial charge in [0.1, 0.15) is 0 Å². The molecule has 2 aromatic carbocycles. The zero-order valence-corrected chi connectivity index (χ0v) is 17.8. The molecule has 0 fully saturated rings. The Labute approximate surface area is 158 Å². The Bertz CT molecular complexity index is 910. The molecule has 0 aliphatic heterocycles. The van der Waals surface area contributed by atoms with Gasteiger partial charge in [0, 0.05) is 0 Å². The first-order valence-corrected chi connectivity index (χ1v) is 13.1. The van der Waals surface area contributed by atoms with Crippen molar-refractivity contribution in [2.75, 3.05) is 26.2 Å². The van der Waals surface area contributed by atoms with E-state index in [0.29, 0.717) is 0 Å². The van der Waals surface area contributed by atoms with Crippen molar-refractivity contribution in [2.24, 2.45) is 0 Å². The Morgan fingerprint density at radius 1 is 0.808 bits per heavy atom. The van der Waals surface area contributed by atoms with Crippen molar-refractivity contribution in [3.8, 4) is 22.4 Å². The number of aryl methyl sites for hydroxylation is 2. The van der Waals surface area contributed by atoms with Gasteiger partial charge in [0.05, 0.1) is 0 Å². The number of pyridine rings is 1. The number of benzene rings is 2. The van der Waals surface area contributed by atoms with Crippen molar-refractivity contribution in [1.82, 2.24) is 4.98 Å². The van der Waals surface area contributed by atoms with E-state index in [1.54, 1.807) is 0 Å². The molecule has 0 bridgehead atoms. The van der Waals surface area contributed by atoms with Gasteiger partial charge >= 0.3 is 158 Å². The fourth-order valence-corrected chi connectivity index (χ4v) is 5.62. The van der Waals surface area contributed by atoms with E-state index in [0.717, 1.165) is 5.69 Å². The summed E-state index contributed by atoms with van der Waals surface area (Å²) in [4.78, 5) is 4.87. The molecule has 2 heteroatoms. The van der Waals surface area contributed by atoms with Gasteiger partial charge < -0.3 is 0 Å².